The van der Waals surface area contributed by atoms with Gasteiger partial charge in [0, 0.05) is 24.3 Å². The van der Waals surface area contributed by atoms with Crippen molar-refractivity contribution in [3.05, 3.63) is 69.1 Å². The van der Waals surface area contributed by atoms with Crippen molar-refractivity contribution < 1.29 is 22.4 Å². The third kappa shape index (κ3) is 4.90. The number of rotatable bonds is 6. The first-order chi connectivity index (χ1) is 16.0. The van der Waals surface area contributed by atoms with Crippen molar-refractivity contribution in [2.45, 2.75) is 19.6 Å². The Bertz CT molecular complexity index is 1400. The van der Waals surface area contributed by atoms with Crippen molar-refractivity contribution in [2.75, 3.05) is 26.0 Å². The van der Waals surface area contributed by atoms with Crippen LogP contribution in [-0.2, 0) is 12.7 Å². The van der Waals surface area contributed by atoms with Crippen LogP contribution in [0.2, 0.25) is 0 Å². The molecule has 0 spiro atoms. The van der Waals surface area contributed by atoms with Crippen LogP contribution in [0.15, 0.2) is 51.7 Å². The van der Waals surface area contributed by atoms with Gasteiger partial charge in [0.25, 0.3) is 5.91 Å². The summed E-state index contributed by atoms with van der Waals surface area (Å²) < 4.78 is 45.2. The van der Waals surface area contributed by atoms with Crippen molar-refractivity contribution in [1.82, 2.24) is 14.5 Å². The molecule has 0 aliphatic carbocycles. The standard InChI is InChI=1S/C23H21F3N4O3S/c1-13-19(34-21(27-13)14-4-6-15(7-5-14)23(24,25)26)20(31)28-16-8-9-18-17(12-16)30(22(32)33-18)11-10-29(2)3/h4-9,12H,10-11H2,1-3H3,(H,28,31). The maximum atomic E-state index is 12.9. The molecular formula is C23H21F3N4O3S. The highest BCUT2D eigenvalue weighted by atomic mass is 32.1. The zero-order valence-corrected chi connectivity index (χ0v) is 19.4. The van der Waals surface area contributed by atoms with E-state index in [0.717, 1.165) is 23.5 Å². The van der Waals surface area contributed by atoms with E-state index in [1.807, 2.05) is 19.0 Å². The van der Waals surface area contributed by atoms with Gasteiger partial charge in [-0.3, -0.25) is 9.36 Å². The molecule has 2 aromatic heterocycles. The SMILES string of the molecule is Cc1nc(-c2ccc(C(F)(F)F)cc2)sc1C(=O)Nc1ccc2oc(=O)n(CCN(C)C)c2c1. The molecule has 2 heterocycles. The lowest BCUT2D eigenvalue weighted by Crippen LogP contribution is -2.23. The minimum absolute atomic E-state index is 0.340. The Morgan fingerprint density at radius 3 is 2.53 bits per heavy atom. The lowest BCUT2D eigenvalue weighted by atomic mass is 10.1. The van der Waals surface area contributed by atoms with Gasteiger partial charge in [0.1, 0.15) is 9.88 Å². The summed E-state index contributed by atoms with van der Waals surface area (Å²) >= 11 is 1.09. The first-order valence-electron chi connectivity index (χ1n) is 10.3. The molecule has 178 valence electrons. The number of thiazole rings is 1. The van der Waals surface area contributed by atoms with Crippen LogP contribution in [0, 0.1) is 6.92 Å². The van der Waals surface area contributed by atoms with Crippen LogP contribution in [0.4, 0.5) is 18.9 Å². The molecule has 0 bridgehead atoms. The number of oxazole rings is 1. The van der Waals surface area contributed by atoms with Gasteiger partial charge >= 0.3 is 11.9 Å². The number of carbonyl (C=O) groups excluding carboxylic acids is 1. The average molecular weight is 491 g/mol. The summed E-state index contributed by atoms with van der Waals surface area (Å²) in [5, 5.41) is 3.25. The Labute approximate surface area is 196 Å². The number of nitrogens with one attached hydrogen (secondary N) is 1. The van der Waals surface area contributed by atoms with Crippen molar-refractivity contribution in [3.63, 3.8) is 0 Å². The Balaban J connectivity index is 1.57. The van der Waals surface area contributed by atoms with E-state index in [9.17, 15) is 22.8 Å². The van der Waals surface area contributed by atoms with Crippen LogP contribution in [0.3, 0.4) is 0 Å². The van der Waals surface area contributed by atoms with Crippen molar-refractivity contribution >= 4 is 34.0 Å². The van der Waals surface area contributed by atoms with E-state index in [1.165, 1.54) is 16.7 Å². The molecule has 0 atom stereocenters. The zero-order valence-electron chi connectivity index (χ0n) is 18.6. The van der Waals surface area contributed by atoms with Gasteiger partial charge in [0.2, 0.25) is 0 Å². The summed E-state index contributed by atoms with van der Waals surface area (Å²) in [6.07, 6.45) is -4.42. The van der Waals surface area contributed by atoms with Crippen LogP contribution < -0.4 is 11.1 Å². The molecule has 0 fully saturated rings. The second-order valence-electron chi connectivity index (χ2n) is 7.97. The van der Waals surface area contributed by atoms with E-state index in [2.05, 4.69) is 10.3 Å². The van der Waals surface area contributed by atoms with E-state index in [0.29, 0.717) is 51.0 Å². The number of anilines is 1. The summed E-state index contributed by atoms with van der Waals surface area (Å²) in [5.41, 5.74) is 1.66. The highest BCUT2D eigenvalue weighted by molar-refractivity contribution is 7.17. The fourth-order valence-electron chi connectivity index (χ4n) is 3.37. The van der Waals surface area contributed by atoms with Crippen LogP contribution in [0.25, 0.3) is 21.7 Å². The molecule has 0 saturated heterocycles. The molecule has 11 heteroatoms. The molecule has 0 unspecified atom stereocenters. The minimum atomic E-state index is -4.42. The number of amides is 1. The molecule has 4 rings (SSSR count). The molecule has 1 amide bonds. The quantitative estimate of drug-likeness (QED) is 0.418. The fraction of sp³-hybridized carbons (Fsp3) is 0.261. The van der Waals surface area contributed by atoms with E-state index in [-0.39, 0.29) is 0 Å². The number of carbonyl (C=O) groups is 1. The molecular weight excluding hydrogens is 469 g/mol. The molecule has 34 heavy (non-hydrogen) atoms. The number of fused-ring (bicyclic) bond motifs is 1. The maximum absolute atomic E-state index is 12.9. The number of hydrogen-bond acceptors (Lipinski definition) is 6. The van der Waals surface area contributed by atoms with Crippen molar-refractivity contribution in [1.29, 1.82) is 0 Å². The van der Waals surface area contributed by atoms with Gasteiger partial charge in [0.15, 0.2) is 5.58 Å². The van der Waals surface area contributed by atoms with E-state index < -0.39 is 23.4 Å². The third-order valence-corrected chi connectivity index (χ3v) is 6.36. The summed E-state index contributed by atoms with van der Waals surface area (Å²) in [6, 6.07) is 9.56. The number of nitrogens with zero attached hydrogens (tertiary/aromatic N) is 3. The average Bonchev–Trinajstić information content (AvgIpc) is 3.30. The number of alkyl halides is 3. The number of aryl methyl sites for hydroxylation is 1. The van der Waals surface area contributed by atoms with Gasteiger partial charge in [-0.2, -0.15) is 13.2 Å². The lowest BCUT2D eigenvalue weighted by Gasteiger charge is -2.10. The Morgan fingerprint density at radius 2 is 1.88 bits per heavy atom. The van der Waals surface area contributed by atoms with Crippen LogP contribution >= 0.6 is 11.3 Å². The summed E-state index contributed by atoms with van der Waals surface area (Å²) in [5.74, 6) is -0.877. The van der Waals surface area contributed by atoms with Crippen molar-refractivity contribution in [3.8, 4) is 10.6 Å². The zero-order chi connectivity index (χ0) is 24.6. The predicted molar refractivity (Wildman–Crippen MR) is 124 cm³/mol. The highest BCUT2D eigenvalue weighted by Crippen LogP contribution is 2.33. The highest BCUT2D eigenvalue weighted by Gasteiger charge is 2.30. The smallest absolute Gasteiger partial charge is 0.408 e. The Kier molecular flexibility index (Phi) is 6.32. The monoisotopic (exact) mass is 490 g/mol. The molecule has 0 aliphatic rings. The topological polar surface area (TPSA) is 80.4 Å². The first kappa shape index (κ1) is 23.7. The number of likely N-dealkylation sites (N-methyl/N-ethyl adjacent to an activating group) is 1. The number of hydrogen-bond donors (Lipinski definition) is 1. The molecule has 0 saturated carbocycles. The van der Waals surface area contributed by atoms with Crippen LogP contribution in [0.5, 0.6) is 0 Å². The second kappa shape index (κ2) is 9.07. The van der Waals surface area contributed by atoms with E-state index >= 15 is 0 Å². The van der Waals surface area contributed by atoms with Gasteiger partial charge in [0.05, 0.1) is 16.8 Å². The van der Waals surface area contributed by atoms with Gasteiger partial charge < -0.3 is 14.6 Å². The van der Waals surface area contributed by atoms with E-state index in [4.69, 9.17) is 4.42 Å². The van der Waals surface area contributed by atoms with Gasteiger partial charge in [-0.1, -0.05) is 12.1 Å². The van der Waals surface area contributed by atoms with Gasteiger partial charge in [-0.05, 0) is 51.4 Å². The van der Waals surface area contributed by atoms with Gasteiger partial charge in [-0.15, -0.1) is 11.3 Å². The summed E-state index contributed by atoms with van der Waals surface area (Å²) in [4.78, 5) is 31.7. The normalized spacial score (nSPS) is 12.0. The number of benzene rings is 2. The van der Waals surface area contributed by atoms with Crippen LogP contribution in [0.1, 0.15) is 20.9 Å². The Morgan fingerprint density at radius 1 is 1.18 bits per heavy atom. The third-order valence-electron chi connectivity index (χ3n) is 5.16. The maximum Gasteiger partial charge on any atom is 0.419 e. The number of halogens is 3. The predicted octanol–water partition coefficient (Wildman–Crippen LogP) is 4.86. The molecule has 0 radical (unpaired) electrons. The summed E-state index contributed by atoms with van der Waals surface area (Å²) in [7, 11) is 3.80. The molecule has 2 aromatic carbocycles. The Hall–Kier alpha value is -3.44. The summed E-state index contributed by atoms with van der Waals surface area (Å²) in [6.45, 7) is 2.73. The molecule has 7 nitrogen and oxygen atoms in total. The van der Waals surface area contributed by atoms with Gasteiger partial charge in [-0.25, -0.2) is 9.78 Å². The number of aromatic nitrogens is 2. The first-order valence-corrected chi connectivity index (χ1v) is 11.1. The molecule has 0 aliphatic heterocycles. The van der Waals surface area contributed by atoms with E-state index in [1.54, 1.807) is 25.1 Å². The molecule has 1 N–H and O–H groups in total. The largest absolute Gasteiger partial charge is 0.419 e. The lowest BCUT2D eigenvalue weighted by molar-refractivity contribution is -0.137. The second-order valence-corrected chi connectivity index (χ2v) is 8.97. The minimum Gasteiger partial charge on any atom is -0.408 e. The molecule has 4 aromatic rings. The fourth-order valence-corrected chi connectivity index (χ4v) is 4.34. The van der Waals surface area contributed by atoms with Crippen molar-refractivity contribution in [2.24, 2.45) is 0 Å². The van der Waals surface area contributed by atoms with Crippen LogP contribution in [-0.4, -0.2) is 41.0 Å².